The molecule has 0 heterocycles. The standard InChI is InChI=1S/C46H36/c1-29-24-25-36(26-30(29)2)44-38-23-15-14-22-37(38)41(33-16-8-5-9-17-33)45-42(34-18-10-6-11-19-34)39-27-31(3)32(4)28-40(39)43(46(44)45)35-20-12-7-13-21-35/h5-28H,1-4H3. The van der Waals surface area contributed by atoms with E-state index in [4.69, 9.17) is 0 Å². The van der Waals surface area contributed by atoms with Gasteiger partial charge in [0.2, 0.25) is 0 Å². The van der Waals surface area contributed by atoms with Crippen molar-refractivity contribution in [3.8, 4) is 44.5 Å². The Bertz CT molecular complexity index is 2410. The lowest BCUT2D eigenvalue weighted by molar-refractivity contribution is 1.34. The molecule has 8 rings (SSSR count). The topological polar surface area (TPSA) is 0 Å². The zero-order valence-electron chi connectivity index (χ0n) is 26.9. The van der Waals surface area contributed by atoms with Crippen molar-refractivity contribution in [2.24, 2.45) is 0 Å². The summed E-state index contributed by atoms with van der Waals surface area (Å²) >= 11 is 0. The van der Waals surface area contributed by atoms with Crippen LogP contribution in [0, 0.1) is 27.7 Å². The summed E-state index contributed by atoms with van der Waals surface area (Å²) in [5.74, 6) is 0. The molecule has 0 bridgehead atoms. The first-order chi connectivity index (χ1) is 22.5. The quantitative estimate of drug-likeness (QED) is 0.179. The van der Waals surface area contributed by atoms with Crippen molar-refractivity contribution in [1.29, 1.82) is 0 Å². The molecule has 46 heavy (non-hydrogen) atoms. The molecule has 0 unspecified atom stereocenters. The molecule has 8 aromatic rings. The highest BCUT2D eigenvalue weighted by Gasteiger charge is 2.26. The molecule has 0 heteroatoms. The van der Waals surface area contributed by atoms with Gasteiger partial charge in [-0.3, -0.25) is 0 Å². The SMILES string of the molecule is Cc1ccc(-c2c3ccccc3c(-c3ccccc3)c3c(-c4ccccc4)c4cc(C)c(C)cc4c(-c4ccccc4)c23)cc1C. The third-order valence-corrected chi connectivity index (χ3v) is 9.87. The summed E-state index contributed by atoms with van der Waals surface area (Å²) in [6.45, 7) is 8.93. The van der Waals surface area contributed by atoms with E-state index in [0.29, 0.717) is 0 Å². The molecule has 0 fully saturated rings. The van der Waals surface area contributed by atoms with Gasteiger partial charge in [0, 0.05) is 0 Å². The molecule has 0 spiro atoms. The lowest BCUT2D eigenvalue weighted by Crippen LogP contribution is -1.99. The van der Waals surface area contributed by atoms with E-state index >= 15 is 0 Å². The Kier molecular flexibility index (Phi) is 6.80. The highest BCUT2D eigenvalue weighted by Crippen LogP contribution is 2.53. The van der Waals surface area contributed by atoms with Gasteiger partial charge < -0.3 is 0 Å². The molecule has 8 aromatic carbocycles. The van der Waals surface area contributed by atoms with Crippen molar-refractivity contribution >= 4 is 32.3 Å². The van der Waals surface area contributed by atoms with Crippen molar-refractivity contribution in [3.05, 3.63) is 168 Å². The molecule has 0 saturated carbocycles. The number of aryl methyl sites for hydroxylation is 4. The normalized spacial score (nSPS) is 11.5. The van der Waals surface area contributed by atoms with Crippen LogP contribution in [-0.4, -0.2) is 0 Å². The summed E-state index contributed by atoms with van der Waals surface area (Å²) in [5, 5.41) is 7.74. The Hall–Kier alpha value is -5.46. The van der Waals surface area contributed by atoms with Gasteiger partial charge in [0.15, 0.2) is 0 Å². The number of fused-ring (bicyclic) bond motifs is 3. The Morgan fingerprint density at radius 1 is 0.261 bits per heavy atom. The van der Waals surface area contributed by atoms with Gasteiger partial charge in [-0.15, -0.1) is 0 Å². The molecule has 0 radical (unpaired) electrons. The Morgan fingerprint density at radius 3 is 1.02 bits per heavy atom. The largest absolute Gasteiger partial charge is 0.0622 e. The second kappa shape index (κ2) is 11.2. The van der Waals surface area contributed by atoms with Crippen molar-refractivity contribution < 1.29 is 0 Å². The van der Waals surface area contributed by atoms with Crippen LogP contribution in [0.15, 0.2) is 146 Å². The van der Waals surface area contributed by atoms with E-state index < -0.39 is 0 Å². The van der Waals surface area contributed by atoms with Crippen LogP contribution in [0.4, 0.5) is 0 Å². The second-order valence-corrected chi connectivity index (χ2v) is 12.7. The Labute approximate surface area is 271 Å². The molecule has 0 atom stereocenters. The molecule has 0 amide bonds. The third kappa shape index (κ3) is 4.44. The lowest BCUT2D eigenvalue weighted by Gasteiger charge is -2.26. The van der Waals surface area contributed by atoms with Crippen LogP contribution in [0.3, 0.4) is 0 Å². The van der Waals surface area contributed by atoms with E-state index in [2.05, 4.69) is 173 Å². The van der Waals surface area contributed by atoms with Crippen LogP contribution in [0.5, 0.6) is 0 Å². The predicted octanol–water partition coefficient (Wildman–Crippen LogP) is 13.0. The number of rotatable bonds is 4. The molecule has 0 aromatic heterocycles. The minimum absolute atomic E-state index is 1.23. The summed E-state index contributed by atoms with van der Waals surface area (Å²) in [5.41, 5.74) is 15.4. The maximum absolute atomic E-state index is 2.43. The minimum atomic E-state index is 1.23. The summed E-state index contributed by atoms with van der Waals surface area (Å²) in [7, 11) is 0. The van der Waals surface area contributed by atoms with Gasteiger partial charge in [0.1, 0.15) is 0 Å². The molecule has 0 aliphatic heterocycles. The van der Waals surface area contributed by atoms with Crippen LogP contribution in [-0.2, 0) is 0 Å². The van der Waals surface area contributed by atoms with E-state index in [9.17, 15) is 0 Å². The van der Waals surface area contributed by atoms with Crippen LogP contribution in [0.25, 0.3) is 76.8 Å². The van der Waals surface area contributed by atoms with Crippen molar-refractivity contribution in [1.82, 2.24) is 0 Å². The molecular weight excluding hydrogens is 553 g/mol. The van der Waals surface area contributed by atoms with Gasteiger partial charge in [0.05, 0.1) is 0 Å². The molecule has 0 aliphatic rings. The average molecular weight is 589 g/mol. The number of benzene rings is 8. The zero-order chi connectivity index (χ0) is 31.4. The molecule has 0 nitrogen and oxygen atoms in total. The first-order valence-electron chi connectivity index (χ1n) is 16.2. The van der Waals surface area contributed by atoms with Gasteiger partial charge in [-0.25, -0.2) is 0 Å². The zero-order valence-corrected chi connectivity index (χ0v) is 26.9. The molecule has 220 valence electrons. The Balaban J connectivity index is 1.78. The third-order valence-electron chi connectivity index (χ3n) is 9.87. The highest BCUT2D eigenvalue weighted by molar-refractivity contribution is 6.33. The Morgan fingerprint density at radius 2 is 0.609 bits per heavy atom. The average Bonchev–Trinajstić information content (AvgIpc) is 3.09. The number of hydrogen-bond acceptors (Lipinski definition) is 0. The summed E-state index contributed by atoms with van der Waals surface area (Å²) in [4.78, 5) is 0. The number of hydrogen-bond donors (Lipinski definition) is 0. The predicted molar refractivity (Wildman–Crippen MR) is 200 cm³/mol. The van der Waals surface area contributed by atoms with Gasteiger partial charge in [0.25, 0.3) is 0 Å². The second-order valence-electron chi connectivity index (χ2n) is 12.7. The molecule has 0 N–H and O–H groups in total. The van der Waals surface area contributed by atoms with Gasteiger partial charge in [-0.2, -0.15) is 0 Å². The van der Waals surface area contributed by atoms with Crippen molar-refractivity contribution in [3.63, 3.8) is 0 Å². The van der Waals surface area contributed by atoms with Crippen LogP contribution < -0.4 is 0 Å². The molecular formula is C46H36. The van der Waals surface area contributed by atoms with Crippen molar-refractivity contribution in [2.75, 3.05) is 0 Å². The minimum Gasteiger partial charge on any atom is -0.0622 e. The van der Waals surface area contributed by atoms with E-state index in [-0.39, 0.29) is 0 Å². The summed E-state index contributed by atoms with van der Waals surface area (Å²) < 4.78 is 0. The maximum Gasteiger partial charge on any atom is -0.000139 e. The van der Waals surface area contributed by atoms with Crippen molar-refractivity contribution in [2.45, 2.75) is 27.7 Å². The van der Waals surface area contributed by atoms with Crippen LogP contribution in [0.1, 0.15) is 22.3 Å². The smallest absolute Gasteiger partial charge is 0.000139 e. The van der Waals surface area contributed by atoms with Gasteiger partial charge in [-0.1, -0.05) is 146 Å². The monoisotopic (exact) mass is 588 g/mol. The summed E-state index contributed by atoms with van der Waals surface area (Å²) in [6.07, 6.45) is 0. The van der Waals surface area contributed by atoms with Crippen LogP contribution >= 0.6 is 0 Å². The lowest BCUT2D eigenvalue weighted by atomic mass is 9.77. The first-order valence-corrected chi connectivity index (χ1v) is 16.2. The highest BCUT2D eigenvalue weighted by atomic mass is 14.3. The fourth-order valence-electron chi connectivity index (χ4n) is 7.35. The maximum atomic E-state index is 2.43. The van der Waals surface area contributed by atoms with Crippen LogP contribution in [0.2, 0.25) is 0 Å². The van der Waals surface area contributed by atoms with Gasteiger partial charge >= 0.3 is 0 Å². The first kappa shape index (κ1) is 28.0. The fraction of sp³-hybridized carbons (Fsp3) is 0.0870. The molecule has 0 aliphatic carbocycles. The fourth-order valence-corrected chi connectivity index (χ4v) is 7.35. The van der Waals surface area contributed by atoms with Gasteiger partial charge in [-0.05, 0) is 127 Å². The van der Waals surface area contributed by atoms with E-state index in [1.54, 1.807) is 0 Å². The van der Waals surface area contributed by atoms with E-state index in [1.165, 1.54) is 99.1 Å². The van der Waals surface area contributed by atoms with E-state index in [1.807, 2.05) is 0 Å². The van der Waals surface area contributed by atoms with E-state index in [0.717, 1.165) is 0 Å². The summed E-state index contributed by atoms with van der Waals surface area (Å²) in [6, 6.07) is 54.0. The molecule has 0 saturated heterocycles.